The number of hydrogen-bond acceptors (Lipinski definition) is 3. The predicted octanol–water partition coefficient (Wildman–Crippen LogP) is 3.47. The van der Waals surface area contributed by atoms with Crippen molar-refractivity contribution in [3.63, 3.8) is 0 Å². The summed E-state index contributed by atoms with van der Waals surface area (Å²) in [6, 6.07) is 8.58. The van der Waals surface area contributed by atoms with Gasteiger partial charge in [-0.25, -0.2) is 0 Å². The van der Waals surface area contributed by atoms with Gasteiger partial charge in [-0.15, -0.1) is 11.3 Å². The first-order chi connectivity index (χ1) is 8.34. The van der Waals surface area contributed by atoms with E-state index in [0.717, 1.165) is 19.4 Å². The molecule has 0 saturated carbocycles. The Morgan fingerprint density at radius 1 is 1.41 bits per heavy atom. The minimum atomic E-state index is 0.106. The zero-order valence-electron chi connectivity index (χ0n) is 9.76. The van der Waals surface area contributed by atoms with E-state index in [1.807, 2.05) is 0 Å². The van der Waals surface area contributed by atoms with E-state index in [4.69, 9.17) is 10.5 Å². The fourth-order valence-electron chi connectivity index (χ4n) is 2.53. The van der Waals surface area contributed by atoms with Crippen LogP contribution in [-0.2, 0) is 4.74 Å². The minimum Gasteiger partial charge on any atom is -0.378 e. The normalized spacial score (nSPS) is 22.1. The molecule has 1 saturated heterocycles. The Hall–Kier alpha value is -0.900. The number of benzene rings is 1. The van der Waals surface area contributed by atoms with Crippen LogP contribution in [0.15, 0.2) is 29.6 Å². The Bertz CT molecular complexity index is 502. The standard InChI is InChI=1S/C14H17NOS/c15-13(8-10-4-3-7-16-10)12-9-17-14-6-2-1-5-11(12)14/h1-2,5-6,9-10,13H,3-4,7-8,15H2. The molecular weight excluding hydrogens is 230 g/mol. The first kappa shape index (κ1) is 11.2. The minimum absolute atomic E-state index is 0.106. The Morgan fingerprint density at radius 3 is 3.12 bits per heavy atom. The largest absolute Gasteiger partial charge is 0.378 e. The Kier molecular flexibility index (Phi) is 3.14. The van der Waals surface area contributed by atoms with Crippen molar-refractivity contribution in [2.24, 2.45) is 5.73 Å². The van der Waals surface area contributed by atoms with Crippen LogP contribution in [0.1, 0.15) is 30.9 Å². The first-order valence-electron chi connectivity index (χ1n) is 6.18. The average molecular weight is 247 g/mol. The molecule has 2 unspecified atom stereocenters. The van der Waals surface area contributed by atoms with Gasteiger partial charge in [-0.3, -0.25) is 0 Å². The second-order valence-corrected chi connectivity index (χ2v) is 5.58. The number of hydrogen-bond donors (Lipinski definition) is 1. The zero-order valence-corrected chi connectivity index (χ0v) is 10.6. The van der Waals surface area contributed by atoms with Crippen molar-refractivity contribution < 1.29 is 4.74 Å². The van der Waals surface area contributed by atoms with Gasteiger partial charge >= 0.3 is 0 Å². The van der Waals surface area contributed by atoms with Crippen molar-refractivity contribution in [1.82, 2.24) is 0 Å². The van der Waals surface area contributed by atoms with Crippen LogP contribution in [0.25, 0.3) is 10.1 Å². The molecule has 3 rings (SSSR count). The van der Waals surface area contributed by atoms with E-state index in [9.17, 15) is 0 Å². The van der Waals surface area contributed by atoms with Crippen molar-refractivity contribution in [2.45, 2.75) is 31.4 Å². The summed E-state index contributed by atoms with van der Waals surface area (Å²) < 4.78 is 6.98. The fraction of sp³-hybridized carbons (Fsp3) is 0.429. The molecular formula is C14H17NOS. The van der Waals surface area contributed by atoms with E-state index in [1.165, 1.54) is 22.1 Å². The molecule has 1 fully saturated rings. The molecule has 0 amide bonds. The lowest BCUT2D eigenvalue weighted by atomic mass is 10.00. The average Bonchev–Trinajstić information content (AvgIpc) is 2.96. The van der Waals surface area contributed by atoms with Gasteiger partial charge in [0.15, 0.2) is 0 Å². The van der Waals surface area contributed by atoms with E-state index in [0.29, 0.717) is 6.10 Å². The van der Waals surface area contributed by atoms with Gasteiger partial charge in [0.05, 0.1) is 6.10 Å². The maximum atomic E-state index is 6.31. The Labute approximate surface area is 105 Å². The highest BCUT2D eigenvalue weighted by atomic mass is 32.1. The zero-order chi connectivity index (χ0) is 11.7. The van der Waals surface area contributed by atoms with Gasteiger partial charge in [-0.1, -0.05) is 18.2 Å². The summed E-state index contributed by atoms with van der Waals surface area (Å²) in [6.07, 6.45) is 3.65. The lowest BCUT2D eigenvalue weighted by Gasteiger charge is -2.15. The van der Waals surface area contributed by atoms with E-state index in [-0.39, 0.29) is 6.04 Å². The SMILES string of the molecule is NC(CC1CCCO1)c1csc2ccccc12. The predicted molar refractivity (Wildman–Crippen MR) is 72.3 cm³/mol. The molecule has 1 aliphatic heterocycles. The maximum Gasteiger partial charge on any atom is 0.0594 e. The van der Waals surface area contributed by atoms with Crippen molar-refractivity contribution in [3.05, 3.63) is 35.2 Å². The summed E-state index contributed by atoms with van der Waals surface area (Å²) in [5.74, 6) is 0. The summed E-state index contributed by atoms with van der Waals surface area (Å²) >= 11 is 1.78. The van der Waals surface area contributed by atoms with Crippen LogP contribution in [0.5, 0.6) is 0 Å². The Balaban J connectivity index is 1.82. The lowest BCUT2D eigenvalue weighted by molar-refractivity contribution is 0.0985. The van der Waals surface area contributed by atoms with Crippen LogP contribution in [0.4, 0.5) is 0 Å². The summed E-state index contributed by atoms with van der Waals surface area (Å²) in [4.78, 5) is 0. The third kappa shape index (κ3) is 2.23. The van der Waals surface area contributed by atoms with Gasteiger partial charge in [0.2, 0.25) is 0 Å². The molecule has 2 atom stereocenters. The number of fused-ring (bicyclic) bond motifs is 1. The third-order valence-electron chi connectivity index (χ3n) is 3.45. The second kappa shape index (κ2) is 4.77. The highest BCUT2D eigenvalue weighted by molar-refractivity contribution is 7.17. The van der Waals surface area contributed by atoms with Crippen LogP contribution >= 0.6 is 11.3 Å². The molecule has 0 bridgehead atoms. The van der Waals surface area contributed by atoms with Crippen LogP contribution in [0, 0.1) is 0 Å². The van der Waals surface area contributed by atoms with Crippen molar-refractivity contribution in [3.8, 4) is 0 Å². The van der Waals surface area contributed by atoms with E-state index in [2.05, 4.69) is 29.6 Å². The first-order valence-corrected chi connectivity index (χ1v) is 7.06. The Morgan fingerprint density at radius 2 is 2.29 bits per heavy atom. The van der Waals surface area contributed by atoms with Gasteiger partial charge in [0, 0.05) is 17.3 Å². The summed E-state index contributed by atoms with van der Waals surface area (Å²) in [5.41, 5.74) is 7.59. The quantitative estimate of drug-likeness (QED) is 0.901. The summed E-state index contributed by atoms with van der Waals surface area (Å²) in [5, 5.41) is 3.51. The number of rotatable bonds is 3. The molecule has 1 aliphatic rings. The maximum absolute atomic E-state index is 6.31. The molecule has 1 aromatic carbocycles. The molecule has 90 valence electrons. The molecule has 2 heterocycles. The van der Waals surface area contributed by atoms with Crippen molar-refractivity contribution in [2.75, 3.05) is 6.61 Å². The van der Waals surface area contributed by atoms with Crippen molar-refractivity contribution in [1.29, 1.82) is 0 Å². The second-order valence-electron chi connectivity index (χ2n) is 4.66. The summed E-state index contributed by atoms with van der Waals surface area (Å²) in [7, 11) is 0. The van der Waals surface area contributed by atoms with Gasteiger partial charge in [0.25, 0.3) is 0 Å². The fourth-order valence-corrected chi connectivity index (χ4v) is 3.55. The lowest BCUT2D eigenvalue weighted by Crippen LogP contribution is -2.17. The molecule has 0 radical (unpaired) electrons. The highest BCUT2D eigenvalue weighted by Gasteiger charge is 2.21. The number of thiophene rings is 1. The topological polar surface area (TPSA) is 35.2 Å². The molecule has 2 nitrogen and oxygen atoms in total. The highest BCUT2D eigenvalue weighted by Crippen LogP contribution is 2.32. The van der Waals surface area contributed by atoms with Crippen LogP contribution < -0.4 is 5.73 Å². The molecule has 0 spiro atoms. The van der Waals surface area contributed by atoms with Gasteiger partial charge in [-0.05, 0) is 41.7 Å². The van der Waals surface area contributed by atoms with Gasteiger partial charge in [-0.2, -0.15) is 0 Å². The molecule has 2 aromatic rings. The van der Waals surface area contributed by atoms with Gasteiger partial charge < -0.3 is 10.5 Å². The number of nitrogens with two attached hydrogens (primary N) is 1. The van der Waals surface area contributed by atoms with Crippen molar-refractivity contribution >= 4 is 21.4 Å². The van der Waals surface area contributed by atoms with Gasteiger partial charge in [0.1, 0.15) is 0 Å². The van der Waals surface area contributed by atoms with Crippen LogP contribution in [-0.4, -0.2) is 12.7 Å². The molecule has 17 heavy (non-hydrogen) atoms. The van der Waals surface area contributed by atoms with Crippen LogP contribution in [0.2, 0.25) is 0 Å². The molecule has 0 aliphatic carbocycles. The summed E-state index contributed by atoms with van der Waals surface area (Å²) in [6.45, 7) is 0.905. The van der Waals surface area contributed by atoms with E-state index in [1.54, 1.807) is 11.3 Å². The molecule has 1 aromatic heterocycles. The molecule has 2 N–H and O–H groups in total. The smallest absolute Gasteiger partial charge is 0.0594 e. The van der Waals surface area contributed by atoms with E-state index < -0.39 is 0 Å². The monoisotopic (exact) mass is 247 g/mol. The third-order valence-corrected chi connectivity index (χ3v) is 4.43. The number of ether oxygens (including phenoxy) is 1. The van der Waals surface area contributed by atoms with Crippen LogP contribution in [0.3, 0.4) is 0 Å². The molecule has 3 heteroatoms. The van der Waals surface area contributed by atoms with E-state index >= 15 is 0 Å².